The molecule has 1 aliphatic heterocycles. The number of benzene rings is 1. The van der Waals surface area contributed by atoms with Gasteiger partial charge in [0.2, 0.25) is 0 Å². The van der Waals surface area contributed by atoms with Gasteiger partial charge in [-0.15, -0.1) is 0 Å². The van der Waals surface area contributed by atoms with E-state index in [9.17, 15) is 0 Å². The first-order chi connectivity index (χ1) is 8.13. The Morgan fingerprint density at radius 3 is 2.82 bits per heavy atom. The van der Waals surface area contributed by atoms with E-state index < -0.39 is 0 Å². The van der Waals surface area contributed by atoms with Gasteiger partial charge in [0, 0.05) is 16.1 Å². The van der Waals surface area contributed by atoms with E-state index in [-0.39, 0.29) is 0 Å². The Hall–Kier alpha value is -0.540. The molecule has 0 saturated carbocycles. The molecule has 17 heavy (non-hydrogen) atoms. The predicted octanol–water partition coefficient (Wildman–Crippen LogP) is 4.01. The molecule has 1 unspecified atom stereocenters. The van der Waals surface area contributed by atoms with E-state index in [1.54, 1.807) is 0 Å². The molecule has 94 valence electrons. The van der Waals surface area contributed by atoms with Crippen LogP contribution in [0.2, 0.25) is 0 Å². The van der Waals surface area contributed by atoms with Crippen molar-refractivity contribution in [2.75, 3.05) is 13.7 Å². The molecule has 1 atom stereocenters. The Kier molecular flexibility index (Phi) is 4.10. The average Bonchev–Trinajstić information content (AvgIpc) is 2.49. The summed E-state index contributed by atoms with van der Waals surface area (Å²) in [4.78, 5) is 0. The van der Waals surface area contributed by atoms with E-state index in [0.29, 0.717) is 12.0 Å². The summed E-state index contributed by atoms with van der Waals surface area (Å²) in [7, 11) is 2.02. The number of hydrogen-bond acceptors (Lipinski definition) is 2. The maximum atomic E-state index is 5.97. The van der Waals surface area contributed by atoms with Crippen LogP contribution in [-0.4, -0.2) is 13.7 Å². The zero-order chi connectivity index (χ0) is 12.4. The SMILES string of the molecule is CNC1CCCOc2c(C(C)C)cc(Br)cc21. The molecule has 0 saturated heterocycles. The van der Waals surface area contributed by atoms with Crippen molar-refractivity contribution in [2.24, 2.45) is 0 Å². The Morgan fingerprint density at radius 1 is 1.41 bits per heavy atom. The van der Waals surface area contributed by atoms with Gasteiger partial charge in [-0.25, -0.2) is 0 Å². The minimum absolute atomic E-state index is 0.405. The first kappa shape index (κ1) is 12.9. The summed E-state index contributed by atoms with van der Waals surface area (Å²) in [5, 5.41) is 3.39. The fourth-order valence-electron chi connectivity index (χ4n) is 2.41. The normalized spacial score (nSPS) is 19.7. The number of nitrogens with one attached hydrogen (secondary N) is 1. The van der Waals surface area contributed by atoms with Crippen molar-refractivity contribution in [1.82, 2.24) is 5.32 Å². The predicted molar refractivity (Wildman–Crippen MR) is 74.8 cm³/mol. The molecule has 0 bridgehead atoms. The van der Waals surface area contributed by atoms with Crippen LogP contribution in [0.5, 0.6) is 5.75 Å². The van der Waals surface area contributed by atoms with Crippen LogP contribution in [0.1, 0.15) is 49.8 Å². The lowest BCUT2D eigenvalue weighted by Crippen LogP contribution is -2.16. The molecule has 1 N–H and O–H groups in total. The van der Waals surface area contributed by atoms with Crippen molar-refractivity contribution < 1.29 is 4.74 Å². The maximum absolute atomic E-state index is 5.97. The van der Waals surface area contributed by atoms with Crippen LogP contribution >= 0.6 is 15.9 Å². The van der Waals surface area contributed by atoms with E-state index in [1.165, 1.54) is 11.1 Å². The third-order valence-corrected chi connectivity index (χ3v) is 3.80. The van der Waals surface area contributed by atoms with Gasteiger partial charge in [0.1, 0.15) is 5.75 Å². The molecule has 1 aromatic rings. The van der Waals surface area contributed by atoms with Crippen molar-refractivity contribution >= 4 is 15.9 Å². The monoisotopic (exact) mass is 297 g/mol. The highest BCUT2D eigenvalue weighted by Gasteiger charge is 2.22. The van der Waals surface area contributed by atoms with Gasteiger partial charge < -0.3 is 10.1 Å². The van der Waals surface area contributed by atoms with Crippen LogP contribution in [0, 0.1) is 0 Å². The highest BCUT2D eigenvalue weighted by atomic mass is 79.9. The fourth-order valence-corrected chi connectivity index (χ4v) is 2.90. The van der Waals surface area contributed by atoms with Crippen molar-refractivity contribution in [1.29, 1.82) is 0 Å². The molecular weight excluding hydrogens is 278 g/mol. The largest absolute Gasteiger partial charge is 0.493 e. The van der Waals surface area contributed by atoms with Crippen molar-refractivity contribution in [3.8, 4) is 5.75 Å². The van der Waals surface area contributed by atoms with Crippen LogP contribution in [0.15, 0.2) is 16.6 Å². The quantitative estimate of drug-likeness (QED) is 0.891. The molecular formula is C14H20BrNO. The molecule has 0 aromatic heterocycles. The van der Waals surface area contributed by atoms with Gasteiger partial charge in [-0.05, 0) is 43.5 Å². The Balaban J connectivity index is 2.55. The summed E-state index contributed by atoms with van der Waals surface area (Å²) in [5.41, 5.74) is 2.60. The lowest BCUT2D eigenvalue weighted by molar-refractivity contribution is 0.311. The molecule has 1 aliphatic rings. The van der Waals surface area contributed by atoms with Gasteiger partial charge in [0.05, 0.1) is 6.61 Å². The molecule has 0 amide bonds. The van der Waals surface area contributed by atoms with E-state index in [2.05, 4.69) is 47.2 Å². The molecule has 2 rings (SSSR count). The second-order valence-corrected chi connectivity index (χ2v) is 5.82. The zero-order valence-corrected chi connectivity index (χ0v) is 12.3. The third-order valence-electron chi connectivity index (χ3n) is 3.34. The number of halogens is 1. The number of rotatable bonds is 2. The van der Waals surface area contributed by atoms with Gasteiger partial charge >= 0.3 is 0 Å². The summed E-state index contributed by atoms with van der Waals surface area (Å²) in [6.07, 6.45) is 2.24. The van der Waals surface area contributed by atoms with E-state index in [0.717, 1.165) is 29.7 Å². The molecule has 1 aromatic carbocycles. The molecule has 0 spiro atoms. The van der Waals surface area contributed by atoms with Crippen LogP contribution in [0.4, 0.5) is 0 Å². The first-order valence-electron chi connectivity index (χ1n) is 6.27. The topological polar surface area (TPSA) is 21.3 Å². The Bertz CT molecular complexity index is 403. The summed E-state index contributed by atoms with van der Waals surface area (Å²) >= 11 is 3.61. The highest BCUT2D eigenvalue weighted by molar-refractivity contribution is 9.10. The molecule has 3 heteroatoms. The summed E-state index contributed by atoms with van der Waals surface area (Å²) in [6, 6.07) is 4.78. The van der Waals surface area contributed by atoms with Crippen molar-refractivity contribution in [2.45, 2.75) is 38.6 Å². The molecule has 1 heterocycles. The highest BCUT2D eigenvalue weighted by Crippen LogP contribution is 2.39. The minimum atomic E-state index is 0.405. The first-order valence-corrected chi connectivity index (χ1v) is 7.06. The third kappa shape index (κ3) is 2.66. The zero-order valence-electron chi connectivity index (χ0n) is 10.7. The van der Waals surface area contributed by atoms with E-state index >= 15 is 0 Å². The lowest BCUT2D eigenvalue weighted by Gasteiger charge is -2.20. The number of ether oxygens (including phenoxy) is 1. The van der Waals surface area contributed by atoms with Crippen molar-refractivity contribution in [3.05, 3.63) is 27.7 Å². The van der Waals surface area contributed by atoms with Crippen LogP contribution in [-0.2, 0) is 0 Å². The molecule has 0 fully saturated rings. The average molecular weight is 298 g/mol. The Morgan fingerprint density at radius 2 is 2.18 bits per heavy atom. The number of hydrogen-bond donors (Lipinski definition) is 1. The van der Waals surface area contributed by atoms with E-state index in [4.69, 9.17) is 4.74 Å². The van der Waals surface area contributed by atoms with Crippen LogP contribution in [0.3, 0.4) is 0 Å². The van der Waals surface area contributed by atoms with Crippen molar-refractivity contribution in [3.63, 3.8) is 0 Å². The Labute approximate surface area is 112 Å². The fraction of sp³-hybridized carbons (Fsp3) is 0.571. The van der Waals surface area contributed by atoms with E-state index in [1.807, 2.05) is 7.05 Å². The minimum Gasteiger partial charge on any atom is -0.493 e. The van der Waals surface area contributed by atoms with Crippen LogP contribution < -0.4 is 10.1 Å². The standard InChI is InChI=1S/C14H20BrNO/c1-9(2)11-7-10(15)8-12-13(16-3)5-4-6-17-14(11)12/h7-9,13,16H,4-6H2,1-3H3. The van der Waals surface area contributed by atoms with Gasteiger partial charge in [-0.2, -0.15) is 0 Å². The second kappa shape index (κ2) is 5.40. The molecule has 2 nitrogen and oxygen atoms in total. The lowest BCUT2D eigenvalue weighted by atomic mass is 9.95. The second-order valence-electron chi connectivity index (χ2n) is 4.90. The van der Waals surface area contributed by atoms with Gasteiger partial charge in [-0.1, -0.05) is 29.8 Å². The summed E-state index contributed by atoms with van der Waals surface area (Å²) in [5.74, 6) is 1.58. The molecule has 0 aliphatic carbocycles. The smallest absolute Gasteiger partial charge is 0.127 e. The van der Waals surface area contributed by atoms with Gasteiger partial charge in [0.15, 0.2) is 0 Å². The summed E-state index contributed by atoms with van der Waals surface area (Å²) in [6.45, 7) is 5.25. The van der Waals surface area contributed by atoms with Gasteiger partial charge in [-0.3, -0.25) is 0 Å². The van der Waals surface area contributed by atoms with Crippen LogP contribution in [0.25, 0.3) is 0 Å². The molecule has 0 radical (unpaired) electrons. The maximum Gasteiger partial charge on any atom is 0.127 e. The summed E-state index contributed by atoms with van der Waals surface area (Å²) < 4.78 is 7.11. The van der Waals surface area contributed by atoms with Gasteiger partial charge in [0.25, 0.3) is 0 Å². The number of fused-ring (bicyclic) bond motifs is 1.